The molecule has 1 spiro atoms. The summed E-state index contributed by atoms with van der Waals surface area (Å²) < 4.78 is 0. The molecule has 4 nitrogen and oxygen atoms in total. The molecule has 1 aliphatic carbocycles. The van der Waals surface area contributed by atoms with Gasteiger partial charge in [-0.1, -0.05) is 25.7 Å². The molecule has 2 fully saturated rings. The molecule has 2 aliphatic rings. The van der Waals surface area contributed by atoms with Crippen molar-refractivity contribution in [2.24, 2.45) is 0 Å². The lowest BCUT2D eigenvalue weighted by Gasteiger charge is -2.55. The summed E-state index contributed by atoms with van der Waals surface area (Å²) in [5.74, 6) is 0.131. The third kappa shape index (κ3) is 2.40. The average Bonchev–Trinajstić information content (AvgIpc) is 2.59. The van der Waals surface area contributed by atoms with E-state index in [-0.39, 0.29) is 17.5 Å². The number of carbonyl (C=O) groups excluding carboxylic acids is 1. The summed E-state index contributed by atoms with van der Waals surface area (Å²) in [6.45, 7) is 8.78. The summed E-state index contributed by atoms with van der Waals surface area (Å²) in [6, 6.07) is 0.195. The van der Waals surface area contributed by atoms with Crippen LogP contribution in [-0.4, -0.2) is 44.7 Å². The molecule has 0 radical (unpaired) electrons. The summed E-state index contributed by atoms with van der Waals surface area (Å²) in [7, 11) is 0. The third-order valence-corrected chi connectivity index (χ3v) is 4.75. The molecule has 0 atom stereocenters. The van der Waals surface area contributed by atoms with Gasteiger partial charge >= 0.3 is 0 Å². The number of nitrogens with zero attached hydrogens (tertiary/aromatic N) is 2. The first-order valence-corrected chi connectivity index (χ1v) is 7.61. The lowest BCUT2D eigenvalue weighted by molar-refractivity contribution is -0.260. The Hall–Kier alpha value is -0.610. The minimum atomic E-state index is -0.678. The summed E-state index contributed by atoms with van der Waals surface area (Å²) in [5, 5.41) is 12.1. The van der Waals surface area contributed by atoms with Gasteiger partial charge in [0.2, 0.25) is 5.91 Å². The molecule has 1 aliphatic heterocycles. The fraction of sp³-hybridized carbons (Fsp3) is 0.933. The molecule has 0 aromatic rings. The average molecular weight is 268 g/mol. The maximum absolute atomic E-state index is 12.9. The van der Waals surface area contributed by atoms with Crippen LogP contribution in [0.25, 0.3) is 0 Å². The molecular formula is C15H28N2O2. The van der Waals surface area contributed by atoms with Crippen molar-refractivity contribution in [3.63, 3.8) is 0 Å². The third-order valence-electron chi connectivity index (χ3n) is 4.75. The number of piperazine rings is 1. The summed E-state index contributed by atoms with van der Waals surface area (Å²) in [5.41, 5.74) is -1.05. The minimum Gasteiger partial charge on any atom is -0.337 e. The molecule has 1 heterocycles. The summed E-state index contributed by atoms with van der Waals surface area (Å²) >= 11 is 0. The topological polar surface area (TPSA) is 43.8 Å². The lowest BCUT2D eigenvalue weighted by atomic mass is 9.80. The van der Waals surface area contributed by atoms with Crippen LogP contribution in [-0.2, 0) is 4.79 Å². The first-order valence-electron chi connectivity index (χ1n) is 7.61. The molecule has 0 aromatic carbocycles. The van der Waals surface area contributed by atoms with Gasteiger partial charge in [0.25, 0.3) is 0 Å². The SMILES string of the molecule is CC(C)N1CC(C)(C)N(O)C2(CCCCCC2)C1=O. The van der Waals surface area contributed by atoms with Crippen LogP contribution in [0.4, 0.5) is 0 Å². The predicted octanol–water partition coefficient (Wildman–Crippen LogP) is 2.80. The smallest absolute Gasteiger partial charge is 0.245 e. The first kappa shape index (κ1) is 14.8. The Balaban J connectivity index is 2.39. The monoisotopic (exact) mass is 268 g/mol. The Morgan fingerprint density at radius 2 is 1.63 bits per heavy atom. The van der Waals surface area contributed by atoms with Gasteiger partial charge in [0, 0.05) is 12.6 Å². The Labute approximate surface area is 116 Å². The molecule has 19 heavy (non-hydrogen) atoms. The molecule has 0 aromatic heterocycles. The van der Waals surface area contributed by atoms with E-state index in [0.29, 0.717) is 6.54 Å². The predicted molar refractivity (Wildman–Crippen MR) is 75.0 cm³/mol. The fourth-order valence-electron chi connectivity index (χ4n) is 3.65. The highest BCUT2D eigenvalue weighted by atomic mass is 16.5. The Bertz CT molecular complexity index is 344. The van der Waals surface area contributed by atoms with E-state index in [4.69, 9.17) is 0 Å². The van der Waals surface area contributed by atoms with Crippen LogP contribution in [0.3, 0.4) is 0 Å². The zero-order valence-corrected chi connectivity index (χ0v) is 12.8. The van der Waals surface area contributed by atoms with Crippen molar-refractivity contribution in [2.75, 3.05) is 6.54 Å². The van der Waals surface area contributed by atoms with Crippen molar-refractivity contribution in [3.8, 4) is 0 Å². The fourth-order valence-corrected chi connectivity index (χ4v) is 3.65. The van der Waals surface area contributed by atoms with Gasteiger partial charge in [0.15, 0.2) is 0 Å². The second-order valence-corrected chi connectivity index (χ2v) is 7.10. The highest BCUT2D eigenvalue weighted by Gasteiger charge is 2.55. The molecule has 110 valence electrons. The largest absolute Gasteiger partial charge is 0.337 e. The number of amides is 1. The van der Waals surface area contributed by atoms with Gasteiger partial charge in [0.1, 0.15) is 5.54 Å². The van der Waals surface area contributed by atoms with E-state index in [1.807, 2.05) is 18.7 Å². The number of hydrogen-bond acceptors (Lipinski definition) is 3. The van der Waals surface area contributed by atoms with Gasteiger partial charge in [-0.2, -0.15) is 5.06 Å². The highest BCUT2D eigenvalue weighted by Crippen LogP contribution is 2.41. The standard InChI is InChI=1S/C15H28N2O2/c1-12(2)16-11-14(3,4)17(19)15(13(16)18)9-7-5-6-8-10-15/h12,19H,5-11H2,1-4H3. The van der Waals surface area contributed by atoms with E-state index in [1.165, 1.54) is 17.9 Å². The maximum atomic E-state index is 12.9. The van der Waals surface area contributed by atoms with Crippen LogP contribution in [0.5, 0.6) is 0 Å². The molecule has 1 N–H and O–H groups in total. The Kier molecular flexibility index (Phi) is 3.94. The van der Waals surface area contributed by atoms with Gasteiger partial charge in [-0.05, 0) is 40.5 Å². The quantitative estimate of drug-likeness (QED) is 0.795. The number of hydroxylamine groups is 2. The molecule has 0 bridgehead atoms. The van der Waals surface area contributed by atoms with Gasteiger partial charge in [0.05, 0.1) is 5.54 Å². The van der Waals surface area contributed by atoms with Gasteiger partial charge < -0.3 is 10.1 Å². The zero-order chi connectivity index (χ0) is 14.3. The molecule has 1 saturated carbocycles. The van der Waals surface area contributed by atoms with Crippen LogP contribution >= 0.6 is 0 Å². The van der Waals surface area contributed by atoms with E-state index < -0.39 is 5.54 Å². The van der Waals surface area contributed by atoms with Crippen LogP contribution < -0.4 is 0 Å². The second-order valence-electron chi connectivity index (χ2n) is 7.10. The molecular weight excluding hydrogens is 240 g/mol. The molecule has 4 heteroatoms. The summed E-state index contributed by atoms with van der Waals surface area (Å²) in [6.07, 6.45) is 5.98. The van der Waals surface area contributed by atoms with E-state index in [9.17, 15) is 10.0 Å². The van der Waals surface area contributed by atoms with Gasteiger partial charge in [-0.3, -0.25) is 4.79 Å². The van der Waals surface area contributed by atoms with E-state index in [1.54, 1.807) is 0 Å². The summed E-state index contributed by atoms with van der Waals surface area (Å²) in [4.78, 5) is 14.9. The first-order chi connectivity index (χ1) is 8.81. The van der Waals surface area contributed by atoms with Crippen molar-refractivity contribution in [1.82, 2.24) is 9.96 Å². The number of hydrogen-bond donors (Lipinski definition) is 1. The zero-order valence-electron chi connectivity index (χ0n) is 12.8. The van der Waals surface area contributed by atoms with Crippen molar-refractivity contribution in [2.45, 2.75) is 83.3 Å². The Morgan fingerprint density at radius 3 is 2.11 bits per heavy atom. The van der Waals surface area contributed by atoms with Crippen molar-refractivity contribution >= 4 is 5.91 Å². The van der Waals surface area contributed by atoms with Crippen LogP contribution in [0, 0.1) is 0 Å². The highest BCUT2D eigenvalue weighted by molar-refractivity contribution is 5.87. The van der Waals surface area contributed by atoms with Crippen LogP contribution in [0.15, 0.2) is 0 Å². The van der Waals surface area contributed by atoms with E-state index in [2.05, 4.69) is 13.8 Å². The van der Waals surface area contributed by atoms with E-state index >= 15 is 0 Å². The number of carbonyl (C=O) groups is 1. The number of rotatable bonds is 1. The van der Waals surface area contributed by atoms with Crippen molar-refractivity contribution < 1.29 is 10.0 Å². The second kappa shape index (κ2) is 5.06. The maximum Gasteiger partial charge on any atom is 0.245 e. The van der Waals surface area contributed by atoms with Crippen LogP contribution in [0.1, 0.15) is 66.2 Å². The normalized spacial score (nSPS) is 27.9. The minimum absolute atomic E-state index is 0.131. The molecule has 1 amide bonds. The molecule has 1 saturated heterocycles. The van der Waals surface area contributed by atoms with Gasteiger partial charge in [-0.15, -0.1) is 0 Å². The molecule has 2 rings (SSSR count). The lowest BCUT2D eigenvalue weighted by Crippen LogP contribution is -2.73. The van der Waals surface area contributed by atoms with Crippen molar-refractivity contribution in [1.29, 1.82) is 0 Å². The van der Waals surface area contributed by atoms with Crippen molar-refractivity contribution in [3.05, 3.63) is 0 Å². The van der Waals surface area contributed by atoms with Gasteiger partial charge in [-0.25, -0.2) is 0 Å². The Morgan fingerprint density at radius 1 is 1.11 bits per heavy atom. The van der Waals surface area contributed by atoms with Crippen LogP contribution in [0.2, 0.25) is 0 Å². The van der Waals surface area contributed by atoms with E-state index in [0.717, 1.165) is 25.7 Å². The molecule has 0 unspecified atom stereocenters.